The second-order valence-corrected chi connectivity index (χ2v) is 9.69. The van der Waals surface area contributed by atoms with Crippen molar-refractivity contribution in [3.05, 3.63) is 54.1 Å². The SMILES string of the molecule is O=S(=O)(C1CC1)N1CC[C@]2(COc3ccc(-c4ccccc4)cc32)C1. The summed E-state index contributed by atoms with van der Waals surface area (Å²) in [6.07, 6.45) is 2.47. The Bertz CT molecular complexity index is 921. The first-order chi connectivity index (χ1) is 12.1. The molecule has 130 valence electrons. The van der Waals surface area contributed by atoms with Crippen molar-refractivity contribution in [2.45, 2.75) is 29.9 Å². The lowest BCUT2D eigenvalue weighted by atomic mass is 9.81. The molecule has 1 saturated heterocycles. The third-order valence-corrected chi connectivity index (χ3v) is 8.13. The molecule has 25 heavy (non-hydrogen) atoms. The fraction of sp³-hybridized carbons (Fsp3) is 0.400. The first-order valence-corrected chi connectivity index (χ1v) is 10.4. The normalized spacial score (nSPS) is 25.9. The largest absolute Gasteiger partial charge is 0.492 e. The van der Waals surface area contributed by atoms with E-state index in [2.05, 4.69) is 24.3 Å². The van der Waals surface area contributed by atoms with Gasteiger partial charge in [-0.3, -0.25) is 0 Å². The summed E-state index contributed by atoms with van der Waals surface area (Å²) >= 11 is 0. The minimum Gasteiger partial charge on any atom is -0.492 e. The predicted octanol–water partition coefficient (Wildman–Crippen LogP) is 3.18. The molecule has 0 aromatic heterocycles. The van der Waals surface area contributed by atoms with Gasteiger partial charge in [-0.15, -0.1) is 0 Å². The Kier molecular flexibility index (Phi) is 3.28. The van der Waals surface area contributed by atoms with Crippen LogP contribution in [0.1, 0.15) is 24.8 Å². The van der Waals surface area contributed by atoms with Gasteiger partial charge in [-0.1, -0.05) is 36.4 Å². The van der Waals surface area contributed by atoms with Crippen molar-refractivity contribution >= 4 is 10.0 Å². The van der Waals surface area contributed by atoms with Crippen LogP contribution in [0.5, 0.6) is 5.75 Å². The number of rotatable bonds is 3. The Morgan fingerprint density at radius 1 is 1.04 bits per heavy atom. The highest BCUT2D eigenvalue weighted by Gasteiger charge is 2.51. The van der Waals surface area contributed by atoms with Crippen molar-refractivity contribution in [1.82, 2.24) is 4.31 Å². The van der Waals surface area contributed by atoms with Crippen LogP contribution in [0.4, 0.5) is 0 Å². The van der Waals surface area contributed by atoms with Crippen LogP contribution < -0.4 is 4.74 Å². The Morgan fingerprint density at radius 2 is 1.84 bits per heavy atom. The maximum absolute atomic E-state index is 12.6. The lowest BCUT2D eigenvalue weighted by molar-refractivity contribution is 0.271. The van der Waals surface area contributed by atoms with Gasteiger partial charge in [0.1, 0.15) is 5.75 Å². The highest BCUT2D eigenvalue weighted by molar-refractivity contribution is 7.90. The molecule has 0 amide bonds. The van der Waals surface area contributed by atoms with Crippen molar-refractivity contribution in [2.24, 2.45) is 0 Å². The molecule has 2 aliphatic heterocycles. The van der Waals surface area contributed by atoms with Gasteiger partial charge >= 0.3 is 0 Å². The van der Waals surface area contributed by atoms with Gasteiger partial charge < -0.3 is 4.74 Å². The van der Waals surface area contributed by atoms with Gasteiger partial charge in [-0.2, -0.15) is 0 Å². The summed E-state index contributed by atoms with van der Waals surface area (Å²) < 4.78 is 32.9. The highest BCUT2D eigenvalue weighted by atomic mass is 32.2. The van der Waals surface area contributed by atoms with Gasteiger partial charge in [-0.05, 0) is 42.5 Å². The second kappa shape index (κ2) is 5.32. The van der Waals surface area contributed by atoms with E-state index in [9.17, 15) is 8.42 Å². The lowest BCUT2D eigenvalue weighted by Gasteiger charge is -2.23. The third-order valence-electron chi connectivity index (χ3n) is 5.79. The maximum atomic E-state index is 12.6. The summed E-state index contributed by atoms with van der Waals surface area (Å²) in [6.45, 7) is 1.74. The van der Waals surface area contributed by atoms with Crippen LogP contribution in [0.15, 0.2) is 48.5 Å². The zero-order valence-electron chi connectivity index (χ0n) is 14.0. The van der Waals surface area contributed by atoms with Gasteiger partial charge in [0.05, 0.1) is 11.9 Å². The van der Waals surface area contributed by atoms with Crippen LogP contribution in [-0.2, 0) is 15.4 Å². The summed E-state index contributed by atoms with van der Waals surface area (Å²) in [4.78, 5) is 0. The van der Waals surface area contributed by atoms with E-state index >= 15 is 0 Å². The molecular weight excluding hydrogens is 334 g/mol. The maximum Gasteiger partial charge on any atom is 0.217 e. The Hall–Kier alpha value is -1.85. The molecule has 0 unspecified atom stereocenters. The van der Waals surface area contributed by atoms with E-state index in [-0.39, 0.29) is 10.7 Å². The van der Waals surface area contributed by atoms with Crippen LogP contribution in [0, 0.1) is 0 Å². The van der Waals surface area contributed by atoms with Gasteiger partial charge in [0.25, 0.3) is 0 Å². The third kappa shape index (κ3) is 2.41. The summed E-state index contributed by atoms with van der Waals surface area (Å²) in [5.74, 6) is 0.908. The van der Waals surface area contributed by atoms with Gasteiger partial charge in [-0.25, -0.2) is 12.7 Å². The Balaban J connectivity index is 1.50. The molecule has 2 heterocycles. The zero-order chi connectivity index (χ0) is 17.1. The van der Waals surface area contributed by atoms with Crippen LogP contribution in [-0.4, -0.2) is 37.7 Å². The van der Waals surface area contributed by atoms with Crippen molar-refractivity contribution in [3.63, 3.8) is 0 Å². The summed E-state index contributed by atoms with van der Waals surface area (Å²) in [6, 6.07) is 16.6. The molecule has 0 bridgehead atoms. The quantitative estimate of drug-likeness (QED) is 0.849. The summed E-state index contributed by atoms with van der Waals surface area (Å²) in [7, 11) is -3.12. The zero-order valence-corrected chi connectivity index (χ0v) is 14.8. The number of benzene rings is 2. The lowest BCUT2D eigenvalue weighted by Crippen LogP contribution is -2.37. The molecule has 1 atom stereocenters. The minimum atomic E-state index is -3.12. The van der Waals surface area contributed by atoms with Crippen LogP contribution in [0.3, 0.4) is 0 Å². The van der Waals surface area contributed by atoms with Gasteiger partial charge in [0, 0.05) is 24.1 Å². The highest BCUT2D eigenvalue weighted by Crippen LogP contribution is 2.47. The number of sulfonamides is 1. The van der Waals surface area contributed by atoms with E-state index in [1.165, 1.54) is 11.1 Å². The topological polar surface area (TPSA) is 46.6 Å². The molecule has 2 fully saturated rings. The van der Waals surface area contributed by atoms with E-state index in [4.69, 9.17) is 4.74 Å². The van der Waals surface area contributed by atoms with Crippen LogP contribution in [0.2, 0.25) is 0 Å². The fourth-order valence-corrected chi connectivity index (χ4v) is 6.07. The number of nitrogens with zero attached hydrogens (tertiary/aromatic N) is 1. The molecule has 1 saturated carbocycles. The molecule has 0 N–H and O–H groups in total. The molecule has 4 nitrogen and oxygen atoms in total. The second-order valence-electron chi connectivity index (χ2n) is 7.47. The van der Waals surface area contributed by atoms with Crippen LogP contribution >= 0.6 is 0 Å². The van der Waals surface area contributed by atoms with Crippen molar-refractivity contribution in [1.29, 1.82) is 0 Å². The van der Waals surface area contributed by atoms with E-state index in [0.717, 1.165) is 30.6 Å². The van der Waals surface area contributed by atoms with Crippen molar-refractivity contribution in [3.8, 4) is 16.9 Å². The first kappa shape index (κ1) is 15.4. The fourth-order valence-electron chi connectivity index (χ4n) is 4.14. The van der Waals surface area contributed by atoms with Crippen molar-refractivity contribution < 1.29 is 13.2 Å². The first-order valence-electron chi connectivity index (χ1n) is 8.90. The molecule has 3 aliphatic rings. The average molecular weight is 355 g/mol. The van der Waals surface area contributed by atoms with E-state index in [0.29, 0.717) is 19.7 Å². The minimum absolute atomic E-state index is 0.139. The molecule has 2 aromatic rings. The van der Waals surface area contributed by atoms with Crippen LogP contribution in [0.25, 0.3) is 11.1 Å². The molecular formula is C20H21NO3S. The van der Waals surface area contributed by atoms with E-state index in [1.54, 1.807) is 4.31 Å². The van der Waals surface area contributed by atoms with Crippen molar-refractivity contribution in [2.75, 3.05) is 19.7 Å². The number of ether oxygens (including phenoxy) is 1. The van der Waals surface area contributed by atoms with E-state index in [1.807, 2.05) is 24.3 Å². The predicted molar refractivity (Wildman–Crippen MR) is 97.2 cm³/mol. The molecule has 1 aliphatic carbocycles. The number of hydrogen-bond acceptors (Lipinski definition) is 3. The van der Waals surface area contributed by atoms with E-state index < -0.39 is 10.0 Å². The number of hydrogen-bond donors (Lipinski definition) is 0. The molecule has 1 spiro atoms. The molecule has 5 rings (SSSR count). The summed E-state index contributed by atoms with van der Waals surface area (Å²) in [5, 5.41) is -0.139. The number of fused-ring (bicyclic) bond motifs is 2. The van der Waals surface area contributed by atoms with Gasteiger partial charge in [0.15, 0.2) is 0 Å². The standard InChI is InChI=1S/C20H21NO3S/c22-25(23,17-7-8-17)21-11-10-20(13-21)14-24-19-9-6-16(12-18(19)20)15-4-2-1-3-5-15/h1-6,9,12,17H,7-8,10-11,13-14H2/t20-/m1/s1. The Labute approximate surface area is 148 Å². The molecule has 0 radical (unpaired) electrons. The molecule has 5 heteroatoms. The van der Waals surface area contributed by atoms with Gasteiger partial charge in [0.2, 0.25) is 10.0 Å². The molecule has 2 aromatic carbocycles. The smallest absolute Gasteiger partial charge is 0.217 e. The Morgan fingerprint density at radius 3 is 2.60 bits per heavy atom. The monoisotopic (exact) mass is 355 g/mol. The summed E-state index contributed by atoms with van der Waals surface area (Å²) in [5.41, 5.74) is 3.31. The average Bonchev–Trinajstić information content (AvgIpc) is 3.33.